The molecule has 0 spiro atoms. The zero-order valence-corrected chi connectivity index (χ0v) is 14.8. The average Bonchev–Trinajstić information content (AvgIpc) is 3.01. The van der Waals surface area contributed by atoms with E-state index in [0.29, 0.717) is 18.9 Å². The standard InChI is InChI=1S/C16H23N2O5P/c1-3-21-24(20,22-4-2)16-15(17-11-8-12-19)23-14(18-16)13-9-6-5-7-10-13/h5-7,9-10,17,19H,3-4,8,11-12H2,1-2H3. The van der Waals surface area contributed by atoms with Crippen molar-refractivity contribution < 1.29 is 23.1 Å². The molecule has 0 aliphatic heterocycles. The fourth-order valence-corrected chi connectivity index (χ4v) is 3.68. The number of aliphatic hydroxyl groups is 1. The van der Waals surface area contributed by atoms with Gasteiger partial charge in [-0.3, -0.25) is 4.57 Å². The lowest BCUT2D eigenvalue weighted by Crippen LogP contribution is -2.17. The van der Waals surface area contributed by atoms with Crippen LogP contribution in [0, 0.1) is 0 Å². The van der Waals surface area contributed by atoms with Crippen molar-refractivity contribution >= 4 is 18.9 Å². The number of hydrogen-bond donors (Lipinski definition) is 2. The molecule has 2 aromatic rings. The number of hydrogen-bond acceptors (Lipinski definition) is 7. The van der Waals surface area contributed by atoms with Crippen molar-refractivity contribution in [2.24, 2.45) is 0 Å². The van der Waals surface area contributed by atoms with Gasteiger partial charge >= 0.3 is 7.60 Å². The average molecular weight is 354 g/mol. The van der Waals surface area contributed by atoms with Gasteiger partial charge in [0.2, 0.25) is 17.2 Å². The fraction of sp³-hybridized carbons (Fsp3) is 0.438. The van der Waals surface area contributed by atoms with E-state index in [9.17, 15) is 4.57 Å². The third-order valence-corrected chi connectivity index (χ3v) is 5.13. The second kappa shape index (κ2) is 8.99. The fourth-order valence-electron chi connectivity index (χ4n) is 2.10. The first-order valence-electron chi connectivity index (χ1n) is 7.95. The zero-order valence-electron chi connectivity index (χ0n) is 13.9. The first kappa shape index (κ1) is 18.7. The molecule has 0 fully saturated rings. The molecular formula is C16H23N2O5P. The molecule has 0 saturated heterocycles. The predicted octanol–water partition coefficient (Wildman–Crippen LogP) is 3.03. The third-order valence-electron chi connectivity index (χ3n) is 3.11. The van der Waals surface area contributed by atoms with E-state index >= 15 is 0 Å². The van der Waals surface area contributed by atoms with Crippen molar-refractivity contribution in [3.05, 3.63) is 30.3 Å². The highest BCUT2D eigenvalue weighted by Crippen LogP contribution is 2.49. The molecule has 0 radical (unpaired) electrons. The molecule has 0 atom stereocenters. The van der Waals surface area contributed by atoms with Gasteiger partial charge in [0.1, 0.15) is 0 Å². The minimum atomic E-state index is -3.59. The van der Waals surface area contributed by atoms with Crippen LogP contribution in [0.25, 0.3) is 11.5 Å². The molecule has 0 amide bonds. The van der Waals surface area contributed by atoms with E-state index in [4.69, 9.17) is 18.6 Å². The van der Waals surface area contributed by atoms with Crippen LogP contribution in [0.2, 0.25) is 0 Å². The van der Waals surface area contributed by atoms with Crippen LogP contribution in [0.3, 0.4) is 0 Å². The summed E-state index contributed by atoms with van der Waals surface area (Å²) < 4.78 is 29.6. The highest BCUT2D eigenvalue weighted by molar-refractivity contribution is 7.62. The molecular weight excluding hydrogens is 331 g/mol. The number of nitrogens with one attached hydrogen (secondary N) is 1. The molecule has 24 heavy (non-hydrogen) atoms. The van der Waals surface area contributed by atoms with Crippen molar-refractivity contribution in [2.45, 2.75) is 20.3 Å². The lowest BCUT2D eigenvalue weighted by Gasteiger charge is -2.15. The molecule has 0 aliphatic rings. The minimum Gasteiger partial charge on any atom is -0.420 e. The SMILES string of the molecule is CCOP(=O)(OCC)c1nc(-c2ccccc2)oc1NCCCO. The summed E-state index contributed by atoms with van der Waals surface area (Å²) in [5, 5.41) is 11.9. The van der Waals surface area contributed by atoms with Gasteiger partial charge < -0.3 is 23.9 Å². The molecule has 2 N–H and O–H groups in total. The summed E-state index contributed by atoms with van der Waals surface area (Å²) in [7, 11) is -3.59. The van der Waals surface area contributed by atoms with E-state index in [2.05, 4.69) is 10.3 Å². The molecule has 1 heterocycles. The molecule has 1 aromatic heterocycles. The van der Waals surface area contributed by atoms with Gasteiger partial charge in [0.05, 0.1) is 13.2 Å². The Labute approximate surface area is 141 Å². The van der Waals surface area contributed by atoms with Crippen molar-refractivity contribution in [1.29, 1.82) is 0 Å². The van der Waals surface area contributed by atoms with E-state index in [1.165, 1.54) is 0 Å². The number of oxazole rings is 1. The van der Waals surface area contributed by atoms with E-state index < -0.39 is 7.60 Å². The third kappa shape index (κ3) is 4.45. The van der Waals surface area contributed by atoms with Crippen molar-refractivity contribution in [3.8, 4) is 11.5 Å². The molecule has 0 unspecified atom stereocenters. The van der Waals surface area contributed by atoms with Crippen molar-refractivity contribution in [1.82, 2.24) is 4.98 Å². The summed E-state index contributed by atoms with van der Waals surface area (Å²) in [6, 6.07) is 9.31. The molecule has 1 aromatic carbocycles. The Hall–Kier alpha value is -1.66. The number of aromatic nitrogens is 1. The number of nitrogens with zero attached hydrogens (tertiary/aromatic N) is 1. The maximum Gasteiger partial charge on any atom is 0.385 e. The van der Waals surface area contributed by atoms with E-state index in [1.54, 1.807) is 13.8 Å². The van der Waals surface area contributed by atoms with Gasteiger partial charge in [0.25, 0.3) is 0 Å². The van der Waals surface area contributed by atoms with Gasteiger partial charge in [0.15, 0.2) is 0 Å². The Morgan fingerprint density at radius 2 is 1.88 bits per heavy atom. The van der Waals surface area contributed by atoms with Gasteiger partial charge in [-0.15, -0.1) is 0 Å². The van der Waals surface area contributed by atoms with Crippen LogP contribution in [-0.4, -0.2) is 36.5 Å². The second-order valence-electron chi connectivity index (χ2n) is 4.87. The summed E-state index contributed by atoms with van der Waals surface area (Å²) in [5.74, 6) is 0.573. The second-order valence-corrected chi connectivity index (χ2v) is 6.81. The van der Waals surface area contributed by atoms with E-state index in [0.717, 1.165) is 5.56 Å². The van der Waals surface area contributed by atoms with Crippen LogP contribution >= 0.6 is 7.60 Å². The number of benzene rings is 1. The highest BCUT2D eigenvalue weighted by Gasteiger charge is 2.35. The van der Waals surface area contributed by atoms with Crippen molar-refractivity contribution in [2.75, 3.05) is 31.7 Å². The first-order valence-corrected chi connectivity index (χ1v) is 9.49. The van der Waals surface area contributed by atoms with Crippen LogP contribution in [-0.2, 0) is 13.6 Å². The van der Waals surface area contributed by atoms with Crippen LogP contribution in [0.15, 0.2) is 34.7 Å². The van der Waals surface area contributed by atoms with Crippen LogP contribution in [0.4, 0.5) is 5.88 Å². The zero-order chi connectivity index (χ0) is 17.4. The Balaban J connectivity index is 2.42. The van der Waals surface area contributed by atoms with Gasteiger partial charge in [0, 0.05) is 18.7 Å². The Bertz CT molecular complexity index is 664. The number of aliphatic hydroxyl groups excluding tert-OH is 1. The van der Waals surface area contributed by atoms with Crippen LogP contribution in [0.5, 0.6) is 0 Å². The lowest BCUT2D eigenvalue weighted by molar-refractivity contribution is 0.229. The van der Waals surface area contributed by atoms with Gasteiger partial charge in [-0.1, -0.05) is 18.2 Å². The van der Waals surface area contributed by atoms with E-state index in [1.807, 2.05) is 30.3 Å². The summed E-state index contributed by atoms with van der Waals surface area (Å²) in [5.41, 5.74) is 0.886. The topological polar surface area (TPSA) is 93.8 Å². The number of anilines is 1. The lowest BCUT2D eigenvalue weighted by atomic mass is 10.2. The summed E-state index contributed by atoms with van der Waals surface area (Å²) in [6.45, 7) is 4.41. The quantitative estimate of drug-likeness (QED) is 0.500. The van der Waals surface area contributed by atoms with Gasteiger partial charge in [-0.25, -0.2) is 0 Å². The van der Waals surface area contributed by atoms with Crippen LogP contribution in [0.1, 0.15) is 20.3 Å². The van der Waals surface area contributed by atoms with Crippen molar-refractivity contribution in [3.63, 3.8) is 0 Å². The largest absolute Gasteiger partial charge is 0.420 e. The monoisotopic (exact) mass is 354 g/mol. The van der Waals surface area contributed by atoms with Gasteiger partial charge in [-0.05, 0) is 32.4 Å². The maximum atomic E-state index is 13.1. The normalized spacial score (nSPS) is 11.6. The Morgan fingerprint density at radius 3 is 2.46 bits per heavy atom. The molecule has 0 aliphatic carbocycles. The molecule has 2 rings (SSSR count). The summed E-state index contributed by atoms with van der Waals surface area (Å²) >= 11 is 0. The summed E-state index contributed by atoms with van der Waals surface area (Å²) in [6.07, 6.45) is 0.522. The molecule has 7 nitrogen and oxygen atoms in total. The molecule has 0 saturated carbocycles. The molecule has 8 heteroatoms. The van der Waals surface area contributed by atoms with Crippen LogP contribution < -0.4 is 10.8 Å². The summed E-state index contributed by atoms with van der Waals surface area (Å²) in [4.78, 5) is 4.36. The maximum absolute atomic E-state index is 13.1. The highest BCUT2D eigenvalue weighted by atomic mass is 31.2. The Morgan fingerprint density at radius 1 is 1.21 bits per heavy atom. The van der Waals surface area contributed by atoms with E-state index in [-0.39, 0.29) is 31.1 Å². The van der Waals surface area contributed by atoms with Gasteiger partial charge in [-0.2, -0.15) is 4.98 Å². The Kier molecular flexibility index (Phi) is 6.99. The first-order chi connectivity index (χ1) is 11.6. The minimum absolute atomic E-state index is 0.0383. The molecule has 0 bridgehead atoms. The smallest absolute Gasteiger partial charge is 0.385 e. The number of rotatable bonds is 10. The predicted molar refractivity (Wildman–Crippen MR) is 92.6 cm³/mol. The molecule has 132 valence electrons.